The number of ketones is 2. The van der Waals surface area contributed by atoms with E-state index in [0.29, 0.717) is 36.7 Å². The van der Waals surface area contributed by atoms with E-state index in [0.717, 1.165) is 6.42 Å². The van der Waals surface area contributed by atoms with E-state index in [9.17, 15) is 19.6 Å². The molecule has 1 atom stereocenters. The number of rotatable bonds is 11. The van der Waals surface area contributed by atoms with E-state index in [1.54, 1.807) is 0 Å². The van der Waals surface area contributed by atoms with E-state index in [1.807, 2.05) is 27.7 Å². The van der Waals surface area contributed by atoms with Crippen molar-refractivity contribution < 1.29 is 14.7 Å². The first-order chi connectivity index (χ1) is 12.1. The van der Waals surface area contributed by atoms with Crippen LogP contribution in [0.1, 0.15) is 73.6 Å². The molecule has 0 fully saturated rings. The number of carbonyl (C=O) groups is 2. The minimum Gasteiger partial charge on any atom is -0.507 e. The molecule has 26 heavy (non-hydrogen) atoms. The number of hydrogen-bond acceptors (Lipinski definition) is 5. The normalized spacial score (nSPS) is 17.8. The molecule has 0 aliphatic heterocycles. The van der Waals surface area contributed by atoms with Gasteiger partial charge in [0, 0.05) is 12.8 Å². The van der Waals surface area contributed by atoms with Crippen molar-refractivity contribution in [2.24, 2.45) is 28.8 Å². The molecule has 1 rings (SSSR count). The molecule has 5 nitrogen and oxygen atoms in total. The largest absolute Gasteiger partial charge is 0.507 e. The second-order valence-electron chi connectivity index (χ2n) is 8.51. The number of carbonyl (C=O) groups excluding carboxylic acids is 2. The zero-order valence-corrected chi connectivity index (χ0v) is 17.0. The fraction of sp³-hybridized carbons (Fsp3) is 0.714. The summed E-state index contributed by atoms with van der Waals surface area (Å²) in [6, 6.07) is 0. The van der Waals surface area contributed by atoms with Crippen molar-refractivity contribution in [3.63, 3.8) is 0 Å². The highest BCUT2D eigenvalue weighted by atomic mass is 16.3. The molecule has 5 heteroatoms. The lowest BCUT2D eigenvalue weighted by Crippen LogP contribution is -2.18. The molecule has 0 aromatic carbocycles. The first-order valence-corrected chi connectivity index (χ1v) is 9.65. The maximum absolute atomic E-state index is 12.8. The van der Waals surface area contributed by atoms with Crippen LogP contribution in [0.15, 0.2) is 27.8 Å². The molecule has 0 amide bonds. The molecule has 1 N–H and O–H groups in total. The Morgan fingerprint density at radius 1 is 1.00 bits per heavy atom. The number of Topliss-reactive ketones (excluding diaryl/α,β-unsaturated/α-hetero) is 2. The summed E-state index contributed by atoms with van der Waals surface area (Å²) in [6.45, 7) is 12.0. The van der Waals surface area contributed by atoms with Gasteiger partial charge in [0.15, 0.2) is 5.78 Å². The standard InChI is InChI=1S/C21H33NO4/c1-12(2)7-9-15-18(16(23)10-8-13(3)4)20(22-26)19(21(15)25)17(24)11-14(5)6/h12-14,18,25H,7-11H2,1-6H3. The van der Waals surface area contributed by atoms with Crippen molar-refractivity contribution in [2.45, 2.75) is 73.6 Å². The van der Waals surface area contributed by atoms with Crippen molar-refractivity contribution in [2.75, 3.05) is 0 Å². The second-order valence-corrected chi connectivity index (χ2v) is 8.51. The van der Waals surface area contributed by atoms with Gasteiger partial charge in [-0.25, -0.2) is 0 Å². The molecule has 0 saturated heterocycles. The molecule has 0 bridgehead atoms. The Morgan fingerprint density at radius 3 is 2.04 bits per heavy atom. The summed E-state index contributed by atoms with van der Waals surface area (Å²) in [4.78, 5) is 37.0. The lowest BCUT2D eigenvalue weighted by atomic mass is 9.87. The third-order valence-electron chi connectivity index (χ3n) is 4.67. The summed E-state index contributed by atoms with van der Waals surface area (Å²) in [5.74, 6) is -0.671. The molecule has 146 valence electrons. The van der Waals surface area contributed by atoms with Gasteiger partial charge in [-0.15, -0.1) is 4.91 Å². The molecule has 0 spiro atoms. The SMILES string of the molecule is CC(C)CCC(=O)C1C(CCC(C)C)=C(O)C(C(=O)CC(C)C)=C1N=O. The van der Waals surface area contributed by atoms with Gasteiger partial charge in [-0.3, -0.25) is 9.59 Å². The average Bonchev–Trinajstić information content (AvgIpc) is 2.81. The topological polar surface area (TPSA) is 83.8 Å². The van der Waals surface area contributed by atoms with Gasteiger partial charge in [-0.1, -0.05) is 41.5 Å². The average molecular weight is 363 g/mol. The van der Waals surface area contributed by atoms with Crippen molar-refractivity contribution in [3.8, 4) is 0 Å². The smallest absolute Gasteiger partial charge is 0.168 e. The van der Waals surface area contributed by atoms with Crippen LogP contribution in [0.5, 0.6) is 0 Å². The number of nitrogens with zero attached hydrogens (tertiary/aromatic N) is 1. The maximum Gasteiger partial charge on any atom is 0.168 e. The molecule has 1 aliphatic carbocycles. The summed E-state index contributed by atoms with van der Waals surface area (Å²) in [7, 11) is 0. The molecule has 0 aromatic rings. The van der Waals surface area contributed by atoms with E-state index in [4.69, 9.17) is 0 Å². The van der Waals surface area contributed by atoms with Crippen LogP contribution < -0.4 is 0 Å². The fourth-order valence-electron chi connectivity index (χ4n) is 3.20. The highest BCUT2D eigenvalue weighted by molar-refractivity contribution is 6.03. The Morgan fingerprint density at radius 2 is 1.58 bits per heavy atom. The minimum absolute atomic E-state index is 0.0321. The summed E-state index contributed by atoms with van der Waals surface area (Å²) < 4.78 is 0. The van der Waals surface area contributed by atoms with E-state index < -0.39 is 5.92 Å². The molecule has 0 radical (unpaired) electrons. The molecule has 0 saturated carbocycles. The third kappa shape index (κ3) is 5.61. The second kappa shape index (κ2) is 9.79. The Bertz CT molecular complexity index is 612. The van der Waals surface area contributed by atoms with Gasteiger partial charge >= 0.3 is 0 Å². The van der Waals surface area contributed by atoms with Crippen LogP contribution >= 0.6 is 0 Å². The molecule has 0 aromatic heterocycles. The Kier molecular flexibility index (Phi) is 8.38. The molecular weight excluding hydrogens is 330 g/mol. The quantitative estimate of drug-likeness (QED) is 0.491. The monoisotopic (exact) mass is 363 g/mol. The Balaban J connectivity index is 3.29. The highest BCUT2D eigenvalue weighted by Gasteiger charge is 2.41. The zero-order chi connectivity index (χ0) is 20.0. The zero-order valence-electron chi connectivity index (χ0n) is 17.0. The molecule has 0 heterocycles. The number of aliphatic hydroxyl groups excluding tert-OH is 1. The fourth-order valence-corrected chi connectivity index (χ4v) is 3.20. The van der Waals surface area contributed by atoms with Crippen LogP contribution in [-0.4, -0.2) is 16.7 Å². The van der Waals surface area contributed by atoms with E-state index >= 15 is 0 Å². The van der Waals surface area contributed by atoms with E-state index in [1.165, 1.54) is 0 Å². The van der Waals surface area contributed by atoms with Crippen LogP contribution in [0.4, 0.5) is 0 Å². The summed E-state index contributed by atoms with van der Waals surface area (Å²) in [6.07, 6.45) is 2.48. The van der Waals surface area contributed by atoms with Gasteiger partial charge in [0.2, 0.25) is 0 Å². The van der Waals surface area contributed by atoms with E-state index in [-0.39, 0.29) is 40.9 Å². The molecular formula is C21H33NO4. The first kappa shape index (κ1) is 22.3. The maximum atomic E-state index is 12.8. The third-order valence-corrected chi connectivity index (χ3v) is 4.67. The van der Waals surface area contributed by atoms with Gasteiger partial charge in [0.25, 0.3) is 0 Å². The predicted molar refractivity (Wildman–Crippen MR) is 104 cm³/mol. The number of allylic oxidation sites excluding steroid dienone is 2. The Hall–Kier alpha value is -1.78. The van der Waals surface area contributed by atoms with Crippen molar-refractivity contribution in [3.05, 3.63) is 27.5 Å². The number of nitroso groups, excluding NO2 is 1. The predicted octanol–water partition coefficient (Wildman–Crippen LogP) is 5.51. The summed E-state index contributed by atoms with van der Waals surface area (Å²) in [5.41, 5.74) is 0.380. The summed E-state index contributed by atoms with van der Waals surface area (Å²) in [5, 5.41) is 13.7. The van der Waals surface area contributed by atoms with Gasteiger partial charge < -0.3 is 5.11 Å². The summed E-state index contributed by atoms with van der Waals surface area (Å²) >= 11 is 0. The van der Waals surface area contributed by atoms with Crippen LogP contribution in [0, 0.1) is 28.6 Å². The lowest BCUT2D eigenvalue weighted by Gasteiger charge is -2.16. The van der Waals surface area contributed by atoms with Crippen LogP contribution in [-0.2, 0) is 9.59 Å². The van der Waals surface area contributed by atoms with Crippen molar-refractivity contribution in [1.82, 2.24) is 0 Å². The highest BCUT2D eigenvalue weighted by Crippen LogP contribution is 2.42. The van der Waals surface area contributed by atoms with E-state index in [2.05, 4.69) is 19.0 Å². The van der Waals surface area contributed by atoms with Crippen molar-refractivity contribution >= 4 is 11.6 Å². The van der Waals surface area contributed by atoms with Gasteiger partial charge in [-0.2, -0.15) is 0 Å². The van der Waals surface area contributed by atoms with Gasteiger partial charge in [0.05, 0.1) is 11.5 Å². The minimum atomic E-state index is -0.865. The van der Waals surface area contributed by atoms with Crippen molar-refractivity contribution in [1.29, 1.82) is 0 Å². The number of aliphatic hydroxyl groups is 1. The van der Waals surface area contributed by atoms with Gasteiger partial charge in [-0.05, 0) is 47.8 Å². The van der Waals surface area contributed by atoms with Crippen LogP contribution in [0.25, 0.3) is 0 Å². The van der Waals surface area contributed by atoms with Crippen LogP contribution in [0.2, 0.25) is 0 Å². The Labute approximate surface area is 156 Å². The lowest BCUT2D eigenvalue weighted by molar-refractivity contribution is -0.121. The number of hydrogen-bond donors (Lipinski definition) is 1. The molecule has 1 aliphatic rings. The van der Waals surface area contributed by atoms with Crippen LogP contribution in [0.3, 0.4) is 0 Å². The first-order valence-electron chi connectivity index (χ1n) is 9.65. The molecule has 1 unspecified atom stereocenters. The van der Waals surface area contributed by atoms with Gasteiger partial charge in [0.1, 0.15) is 17.2 Å².